The molecule has 0 radical (unpaired) electrons. The van der Waals surface area contributed by atoms with Gasteiger partial charge in [-0.15, -0.1) is 0 Å². The molecule has 0 spiro atoms. The summed E-state index contributed by atoms with van der Waals surface area (Å²) in [6, 6.07) is 9.40. The number of aromatic nitrogens is 1. The first kappa shape index (κ1) is 19.4. The maximum absolute atomic E-state index is 12.6. The Labute approximate surface area is 154 Å². The number of hydrogen-bond acceptors (Lipinski definition) is 3. The lowest BCUT2D eigenvalue weighted by Gasteiger charge is -2.24. The first-order valence-electron chi connectivity index (χ1n) is 8.61. The Balaban J connectivity index is 2.20. The summed E-state index contributed by atoms with van der Waals surface area (Å²) in [6.45, 7) is 4.46. The van der Waals surface area contributed by atoms with Crippen molar-refractivity contribution in [2.24, 2.45) is 0 Å². The highest BCUT2D eigenvalue weighted by Crippen LogP contribution is 2.23. The summed E-state index contributed by atoms with van der Waals surface area (Å²) in [4.78, 5) is 29.7. The fraction of sp³-hybridized carbons (Fsp3) is 0.350. The molecule has 6 nitrogen and oxygen atoms in total. The van der Waals surface area contributed by atoms with E-state index in [1.807, 2.05) is 18.2 Å². The molecular weight excluding hydrogens is 328 g/mol. The highest BCUT2D eigenvalue weighted by atomic mass is 16.2. The van der Waals surface area contributed by atoms with E-state index in [1.165, 1.54) is 16.0 Å². The Morgan fingerprint density at radius 1 is 1.15 bits per heavy atom. The van der Waals surface area contributed by atoms with Crippen LogP contribution in [0.2, 0.25) is 0 Å². The maximum Gasteiger partial charge on any atom is 0.317 e. The third-order valence-corrected chi connectivity index (χ3v) is 4.45. The van der Waals surface area contributed by atoms with E-state index in [0.29, 0.717) is 6.54 Å². The first-order chi connectivity index (χ1) is 12.4. The summed E-state index contributed by atoms with van der Waals surface area (Å²) in [7, 11) is 3.26. The molecule has 2 aromatic rings. The lowest BCUT2D eigenvalue weighted by molar-refractivity contribution is -0.120. The number of pyridine rings is 1. The molecule has 0 bridgehead atoms. The molecule has 2 N–H and O–H groups in total. The summed E-state index contributed by atoms with van der Waals surface area (Å²) in [5.41, 5.74) is 4.27. The highest BCUT2D eigenvalue weighted by Gasteiger charge is 2.20. The van der Waals surface area contributed by atoms with Gasteiger partial charge in [0.25, 0.3) is 0 Å². The zero-order valence-corrected chi connectivity index (χ0v) is 15.7. The lowest BCUT2D eigenvalue weighted by Crippen LogP contribution is -2.41. The molecule has 1 aromatic heterocycles. The molecule has 3 amide bonds. The van der Waals surface area contributed by atoms with Crippen molar-refractivity contribution in [1.82, 2.24) is 20.5 Å². The van der Waals surface area contributed by atoms with Crippen molar-refractivity contribution < 1.29 is 9.59 Å². The molecule has 0 saturated heterocycles. The molecule has 26 heavy (non-hydrogen) atoms. The van der Waals surface area contributed by atoms with Crippen LogP contribution in [0.15, 0.2) is 42.7 Å². The van der Waals surface area contributed by atoms with Crippen molar-refractivity contribution in [3.63, 3.8) is 0 Å². The summed E-state index contributed by atoms with van der Waals surface area (Å²) in [6.07, 6.45) is 3.73. The van der Waals surface area contributed by atoms with Gasteiger partial charge in [0.05, 0.1) is 6.04 Å². The summed E-state index contributed by atoms with van der Waals surface area (Å²) >= 11 is 0. The van der Waals surface area contributed by atoms with Gasteiger partial charge in [-0.2, -0.15) is 0 Å². The van der Waals surface area contributed by atoms with Crippen LogP contribution in [0.3, 0.4) is 0 Å². The summed E-state index contributed by atoms with van der Waals surface area (Å²) in [5.74, 6) is -0.0948. The van der Waals surface area contributed by atoms with E-state index >= 15 is 0 Å². The lowest BCUT2D eigenvalue weighted by atomic mass is 9.96. The van der Waals surface area contributed by atoms with Gasteiger partial charge in [-0.3, -0.25) is 9.78 Å². The van der Waals surface area contributed by atoms with Crippen LogP contribution in [0.25, 0.3) is 0 Å². The van der Waals surface area contributed by atoms with Crippen LogP contribution in [-0.4, -0.2) is 42.5 Å². The smallest absolute Gasteiger partial charge is 0.317 e. The van der Waals surface area contributed by atoms with Crippen LogP contribution >= 0.6 is 0 Å². The first-order valence-corrected chi connectivity index (χ1v) is 8.61. The molecule has 0 aliphatic heterocycles. The van der Waals surface area contributed by atoms with Crippen LogP contribution in [-0.2, 0) is 4.79 Å². The number of hydrogen-bond donors (Lipinski definition) is 2. The number of carbonyl (C=O) groups is 2. The molecule has 6 heteroatoms. The minimum absolute atomic E-state index is 0.0948. The van der Waals surface area contributed by atoms with Gasteiger partial charge in [0, 0.05) is 39.5 Å². The maximum atomic E-state index is 12.6. The molecule has 0 aliphatic carbocycles. The quantitative estimate of drug-likeness (QED) is 0.837. The molecule has 138 valence electrons. The Kier molecular flexibility index (Phi) is 6.72. The fourth-order valence-electron chi connectivity index (χ4n) is 2.58. The molecule has 0 unspecified atom stereocenters. The number of aryl methyl sites for hydroxylation is 2. The van der Waals surface area contributed by atoms with Crippen LogP contribution in [0.4, 0.5) is 4.79 Å². The van der Waals surface area contributed by atoms with Gasteiger partial charge >= 0.3 is 6.03 Å². The molecule has 0 aliphatic rings. The molecular formula is C20H26N4O2. The SMILES string of the molecule is CNC(=O)CCN(C)C(=O)N[C@@H](c1cccnc1)c1ccc(C)c(C)c1. The number of nitrogens with one attached hydrogen (secondary N) is 2. The molecule has 0 fully saturated rings. The molecule has 1 atom stereocenters. The van der Waals surface area contributed by atoms with Crippen molar-refractivity contribution in [3.05, 3.63) is 65.0 Å². The minimum atomic E-state index is -0.307. The van der Waals surface area contributed by atoms with Gasteiger partial charge in [0.2, 0.25) is 5.91 Å². The van der Waals surface area contributed by atoms with E-state index in [-0.39, 0.29) is 24.4 Å². The third-order valence-electron chi connectivity index (χ3n) is 4.45. The predicted molar refractivity (Wildman–Crippen MR) is 102 cm³/mol. The van der Waals surface area contributed by atoms with E-state index in [0.717, 1.165) is 11.1 Å². The van der Waals surface area contributed by atoms with Gasteiger partial charge in [-0.05, 0) is 42.2 Å². The number of carbonyl (C=O) groups excluding carboxylic acids is 2. The van der Waals surface area contributed by atoms with E-state index in [2.05, 4.69) is 41.6 Å². The van der Waals surface area contributed by atoms with Crippen LogP contribution in [0.1, 0.15) is 34.7 Å². The summed E-state index contributed by atoms with van der Waals surface area (Å²) < 4.78 is 0. The monoisotopic (exact) mass is 354 g/mol. The predicted octanol–water partition coefficient (Wildman–Crippen LogP) is 2.57. The average molecular weight is 354 g/mol. The van der Waals surface area contributed by atoms with Crippen LogP contribution in [0.5, 0.6) is 0 Å². The third kappa shape index (κ3) is 5.05. The standard InChI is InChI=1S/C20H26N4O2/c1-14-7-8-16(12-15(14)2)19(17-6-5-10-22-13-17)23-20(26)24(4)11-9-18(25)21-3/h5-8,10,12-13,19H,9,11H2,1-4H3,(H,21,25)(H,23,26)/t19-/m1/s1. The Morgan fingerprint density at radius 3 is 2.54 bits per heavy atom. The van der Waals surface area contributed by atoms with Crippen LogP contribution in [0, 0.1) is 13.8 Å². The number of benzene rings is 1. The molecule has 0 saturated carbocycles. The zero-order valence-electron chi connectivity index (χ0n) is 15.7. The van der Waals surface area contributed by atoms with Gasteiger partial charge in [0.1, 0.15) is 0 Å². The molecule has 1 aromatic carbocycles. The van der Waals surface area contributed by atoms with Crippen LogP contribution < -0.4 is 10.6 Å². The highest BCUT2D eigenvalue weighted by molar-refractivity contribution is 5.78. The topological polar surface area (TPSA) is 74.3 Å². The zero-order chi connectivity index (χ0) is 19.1. The number of urea groups is 1. The van der Waals surface area contributed by atoms with Gasteiger partial charge in [-0.25, -0.2) is 4.79 Å². The number of nitrogens with zero attached hydrogens (tertiary/aromatic N) is 2. The second kappa shape index (κ2) is 8.99. The van der Waals surface area contributed by atoms with E-state index in [9.17, 15) is 9.59 Å². The minimum Gasteiger partial charge on any atom is -0.359 e. The summed E-state index contributed by atoms with van der Waals surface area (Å²) in [5, 5.41) is 5.61. The van der Waals surface area contributed by atoms with E-state index in [1.54, 1.807) is 26.5 Å². The number of amides is 3. The molecule has 1 heterocycles. The van der Waals surface area contributed by atoms with Crippen molar-refractivity contribution in [2.75, 3.05) is 20.6 Å². The number of rotatable bonds is 6. The second-order valence-electron chi connectivity index (χ2n) is 6.36. The van der Waals surface area contributed by atoms with Gasteiger partial charge in [-0.1, -0.05) is 24.3 Å². The van der Waals surface area contributed by atoms with Crippen molar-refractivity contribution in [3.8, 4) is 0 Å². The van der Waals surface area contributed by atoms with E-state index in [4.69, 9.17) is 0 Å². The second-order valence-corrected chi connectivity index (χ2v) is 6.36. The van der Waals surface area contributed by atoms with Crippen molar-refractivity contribution >= 4 is 11.9 Å². The average Bonchev–Trinajstić information content (AvgIpc) is 2.66. The largest absolute Gasteiger partial charge is 0.359 e. The fourth-order valence-corrected chi connectivity index (χ4v) is 2.58. The molecule has 2 rings (SSSR count). The Bertz CT molecular complexity index is 762. The van der Waals surface area contributed by atoms with Crippen molar-refractivity contribution in [2.45, 2.75) is 26.3 Å². The Morgan fingerprint density at radius 2 is 1.92 bits per heavy atom. The normalized spacial score (nSPS) is 11.5. The van der Waals surface area contributed by atoms with Gasteiger partial charge < -0.3 is 15.5 Å². The Hall–Kier alpha value is -2.89. The van der Waals surface area contributed by atoms with Gasteiger partial charge in [0.15, 0.2) is 0 Å². The van der Waals surface area contributed by atoms with Crippen molar-refractivity contribution in [1.29, 1.82) is 0 Å². The van der Waals surface area contributed by atoms with E-state index < -0.39 is 0 Å².